The molecule has 0 aromatic rings. The number of rotatable bonds is 7. The minimum atomic E-state index is -0.524. The Kier molecular flexibility index (Phi) is 6.70. The Morgan fingerprint density at radius 2 is 1.71 bits per heavy atom. The standard InChI is InChI=1S/C13H29NO2Si/c1-5-13(15-3,16-4)17-14(6-2)12-10-8-7-9-11-12/h12H,5-11,17H2,1-4H3. The molecule has 0 spiro atoms. The van der Waals surface area contributed by atoms with Crippen LogP contribution in [0.15, 0.2) is 0 Å². The quantitative estimate of drug-likeness (QED) is 0.516. The van der Waals surface area contributed by atoms with Crippen LogP contribution in [0.4, 0.5) is 0 Å². The first-order valence-corrected chi connectivity index (χ1v) is 8.39. The largest absolute Gasteiger partial charge is 0.356 e. The molecule has 1 saturated carbocycles. The maximum absolute atomic E-state index is 5.66. The van der Waals surface area contributed by atoms with Gasteiger partial charge in [-0.05, 0) is 25.8 Å². The molecule has 0 unspecified atom stereocenters. The van der Waals surface area contributed by atoms with Gasteiger partial charge in [-0.3, -0.25) is 0 Å². The van der Waals surface area contributed by atoms with Crippen molar-refractivity contribution in [3.63, 3.8) is 0 Å². The highest BCUT2D eigenvalue weighted by Gasteiger charge is 2.33. The van der Waals surface area contributed by atoms with Crippen molar-refractivity contribution in [1.29, 1.82) is 0 Å². The van der Waals surface area contributed by atoms with Gasteiger partial charge in [0.25, 0.3) is 0 Å². The smallest absolute Gasteiger partial charge is 0.166 e. The SMILES string of the molecule is CCN([SiH2]C(CC)(OC)OC)C1CCCCC1. The van der Waals surface area contributed by atoms with Crippen molar-refractivity contribution in [2.45, 2.75) is 63.8 Å². The van der Waals surface area contributed by atoms with Crippen molar-refractivity contribution in [3.05, 3.63) is 0 Å². The van der Waals surface area contributed by atoms with Gasteiger partial charge in [0.05, 0.1) is 0 Å². The van der Waals surface area contributed by atoms with Crippen LogP contribution >= 0.6 is 0 Å². The van der Waals surface area contributed by atoms with Crippen molar-refractivity contribution in [1.82, 2.24) is 4.57 Å². The molecule has 1 aliphatic rings. The lowest BCUT2D eigenvalue weighted by atomic mass is 9.95. The molecule has 0 amide bonds. The van der Waals surface area contributed by atoms with Gasteiger partial charge in [0, 0.05) is 20.3 Å². The molecule has 0 radical (unpaired) electrons. The molecule has 0 saturated heterocycles. The molecule has 17 heavy (non-hydrogen) atoms. The summed E-state index contributed by atoms with van der Waals surface area (Å²) in [6, 6.07) is 0.789. The van der Waals surface area contributed by atoms with E-state index in [9.17, 15) is 0 Å². The summed E-state index contributed by atoms with van der Waals surface area (Å²) >= 11 is 0. The van der Waals surface area contributed by atoms with Crippen LogP contribution < -0.4 is 0 Å². The van der Waals surface area contributed by atoms with Crippen molar-refractivity contribution < 1.29 is 9.47 Å². The van der Waals surface area contributed by atoms with E-state index >= 15 is 0 Å². The zero-order chi connectivity index (χ0) is 12.7. The first-order chi connectivity index (χ1) is 8.21. The second-order valence-corrected chi connectivity index (χ2v) is 7.23. The molecule has 102 valence electrons. The molecule has 1 rings (SSSR count). The van der Waals surface area contributed by atoms with E-state index < -0.39 is 9.68 Å². The maximum atomic E-state index is 5.66. The van der Waals surface area contributed by atoms with E-state index in [0.29, 0.717) is 0 Å². The predicted octanol–water partition coefficient (Wildman–Crippen LogP) is 2.08. The van der Waals surface area contributed by atoms with Gasteiger partial charge in [-0.1, -0.05) is 33.1 Å². The summed E-state index contributed by atoms with van der Waals surface area (Å²) in [4.78, 5) is 0. The van der Waals surface area contributed by atoms with E-state index in [1.165, 1.54) is 32.1 Å². The lowest BCUT2D eigenvalue weighted by molar-refractivity contribution is -0.150. The Bertz CT molecular complexity index is 195. The average Bonchev–Trinajstić information content (AvgIpc) is 2.42. The molecular weight excluding hydrogens is 230 g/mol. The van der Waals surface area contributed by atoms with Crippen molar-refractivity contribution in [2.24, 2.45) is 0 Å². The zero-order valence-electron chi connectivity index (χ0n) is 12.0. The molecule has 0 N–H and O–H groups in total. The van der Waals surface area contributed by atoms with Crippen LogP contribution in [0.1, 0.15) is 52.4 Å². The lowest BCUT2D eigenvalue weighted by Crippen LogP contribution is -2.52. The zero-order valence-corrected chi connectivity index (χ0v) is 13.4. The molecule has 4 heteroatoms. The van der Waals surface area contributed by atoms with Gasteiger partial charge in [0.15, 0.2) is 15.1 Å². The molecule has 0 aromatic heterocycles. The summed E-state index contributed by atoms with van der Waals surface area (Å²) in [5.74, 6) is 0. The molecule has 3 nitrogen and oxygen atoms in total. The third-order valence-corrected chi connectivity index (χ3v) is 7.15. The van der Waals surface area contributed by atoms with Gasteiger partial charge in [0.2, 0.25) is 0 Å². The minimum Gasteiger partial charge on any atom is -0.356 e. The van der Waals surface area contributed by atoms with Gasteiger partial charge in [-0.2, -0.15) is 0 Å². The fourth-order valence-corrected chi connectivity index (χ4v) is 4.82. The van der Waals surface area contributed by atoms with E-state index in [4.69, 9.17) is 9.47 Å². The van der Waals surface area contributed by atoms with Crippen molar-refractivity contribution in [2.75, 3.05) is 20.8 Å². The third-order valence-electron chi connectivity index (χ3n) is 4.22. The molecular formula is C13H29NO2Si. The first-order valence-electron chi connectivity index (χ1n) is 7.05. The van der Waals surface area contributed by atoms with Crippen LogP contribution in [0.25, 0.3) is 0 Å². The van der Waals surface area contributed by atoms with Gasteiger partial charge in [-0.25, -0.2) is 0 Å². The normalized spacial score (nSPS) is 19.6. The molecule has 1 aliphatic carbocycles. The van der Waals surface area contributed by atoms with Crippen LogP contribution in [0.2, 0.25) is 0 Å². The summed E-state index contributed by atoms with van der Waals surface area (Å²) in [6.45, 7) is 5.58. The number of methoxy groups -OCH3 is 2. The highest BCUT2D eigenvalue weighted by molar-refractivity contribution is 6.35. The number of ether oxygens (including phenoxy) is 2. The summed E-state index contributed by atoms with van der Waals surface area (Å²) < 4.78 is 14.0. The minimum absolute atomic E-state index is 0.284. The fourth-order valence-electron chi connectivity index (χ4n) is 2.87. The van der Waals surface area contributed by atoms with Crippen LogP contribution in [0, 0.1) is 0 Å². The summed E-state index contributed by atoms with van der Waals surface area (Å²) in [7, 11) is 3.05. The second-order valence-electron chi connectivity index (χ2n) is 5.03. The molecule has 0 heterocycles. The van der Waals surface area contributed by atoms with Crippen LogP contribution in [0.3, 0.4) is 0 Å². The van der Waals surface area contributed by atoms with Crippen LogP contribution in [0.5, 0.6) is 0 Å². The summed E-state index contributed by atoms with van der Waals surface area (Å²) in [5, 5.41) is 0. The monoisotopic (exact) mass is 259 g/mol. The predicted molar refractivity (Wildman–Crippen MR) is 74.8 cm³/mol. The van der Waals surface area contributed by atoms with Gasteiger partial charge in [-0.15, -0.1) is 0 Å². The number of hydrogen-bond donors (Lipinski definition) is 0. The van der Waals surface area contributed by atoms with E-state index in [0.717, 1.165) is 19.0 Å². The van der Waals surface area contributed by atoms with Gasteiger partial charge < -0.3 is 14.0 Å². The van der Waals surface area contributed by atoms with Gasteiger partial charge >= 0.3 is 0 Å². The summed E-state index contributed by atoms with van der Waals surface area (Å²) in [6.07, 6.45) is 7.91. The Morgan fingerprint density at radius 1 is 1.12 bits per heavy atom. The Labute approximate surface area is 109 Å². The van der Waals surface area contributed by atoms with E-state index in [2.05, 4.69) is 18.4 Å². The molecule has 0 aromatic carbocycles. The highest BCUT2D eigenvalue weighted by Crippen LogP contribution is 2.25. The van der Waals surface area contributed by atoms with E-state index in [1.807, 2.05) is 0 Å². The maximum Gasteiger partial charge on any atom is 0.166 e. The highest BCUT2D eigenvalue weighted by atomic mass is 28.2. The molecule has 0 atom stereocenters. The van der Waals surface area contributed by atoms with Crippen LogP contribution in [-0.2, 0) is 9.47 Å². The lowest BCUT2D eigenvalue weighted by Gasteiger charge is -2.40. The fraction of sp³-hybridized carbons (Fsp3) is 1.00. The third kappa shape index (κ3) is 4.05. The Morgan fingerprint density at radius 3 is 2.12 bits per heavy atom. The van der Waals surface area contributed by atoms with Crippen molar-refractivity contribution >= 4 is 9.68 Å². The van der Waals surface area contributed by atoms with Gasteiger partial charge in [0.1, 0.15) is 0 Å². The molecule has 0 bridgehead atoms. The second kappa shape index (κ2) is 7.51. The Hall–Kier alpha value is 0.0969. The van der Waals surface area contributed by atoms with Crippen molar-refractivity contribution in [3.8, 4) is 0 Å². The molecule has 0 aliphatic heterocycles. The number of nitrogens with zero attached hydrogens (tertiary/aromatic N) is 1. The van der Waals surface area contributed by atoms with E-state index in [1.54, 1.807) is 14.2 Å². The van der Waals surface area contributed by atoms with Crippen LogP contribution in [-0.4, -0.2) is 46.5 Å². The topological polar surface area (TPSA) is 21.7 Å². The number of hydrogen-bond acceptors (Lipinski definition) is 3. The molecule has 1 fully saturated rings. The average molecular weight is 259 g/mol. The Balaban J connectivity index is 2.59. The first kappa shape index (κ1) is 15.2. The summed E-state index contributed by atoms with van der Waals surface area (Å²) in [5.41, 5.74) is -0.284. The van der Waals surface area contributed by atoms with E-state index in [-0.39, 0.29) is 5.41 Å².